The molecule has 1 amide bonds. The smallest absolute Gasteiger partial charge is 0.261 e. The van der Waals surface area contributed by atoms with Gasteiger partial charge in [-0.05, 0) is 44.0 Å². The first-order valence-corrected chi connectivity index (χ1v) is 8.96. The van der Waals surface area contributed by atoms with Crippen molar-refractivity contribution in [3.8, 4) is 17.1 Å². The van der Waals surface area contributed by atoms with Crippen molar-refractivity contribution in [1.29, 1.82) is 0 Å². The van der Waals surface area contributed by atoms with E-state index in [1.807, 2.05) is 69.3 Å². The summed E-state index contributed by atoms with van der Waals surface area (Å²) in [5.41, 5.74) is 3.08. The molecule has 1 aromatic heterocycles. The third-order valence-electron chi connectivity index (χ3n) is 4.09. The van der Waals surface area contributed by atoms with Gasteiger partial charge < -0.3 is 14.6 Å². The Morgan fingerprint density at radius 3 is 2.59 bits per heavy atom. The molecule has 27 heavy (non-hydrogen) atoms. The predicted octanol–water partition coefficient (Wildman–Crippen LogP) is 3.83. The maximum absolute atomic E-state index is 12.4. The molecule has 0 radical (unpaired) electrons. The summed E-state index contributed by atoms with van der Waals surface area (Å²) < 4.78 is 11.0. The van der Waals surface area contributed by atoms with E-state index in [-0.39, 0.29) is 12.5 Å². The zero-order valence-electron chi connectivity index (χ0n) is 15.7. The highest BCUT2D eigenvalue weighted by Gasteiger charge is 2.19. The number of aryl methyl sites for hydroxylation is 2. The first-order chi connectivity index (χ1) is 13.0. The van der Waals surface area contributed by atoms with Crippen molar-refractivity contribution < 1.29 is 14.1 Å². The topological polar surface area (TPSA) is 77.2 Å². The summed E-state index contributed by atoms with van der Waals surface area (Å²) in [5, 5.41) is 6.78. The highest BCUT2D eigenvalue weighted by molar-refractivity contribution is 5.81. The largest absolute Gasteiger partial charge is 0.481 e. The van der Waals surface area contributed by atoms with Crippen molar-refractivity contribution in [1.82, 2.24) is 15.5 Å². The molecule has 2 aromatic carbocycles. The van der Waals surface area contributed by atoms with Crippen LogP contribution in [-0.2, 0) is 11.3 Å². The lowest BCUT2D eigenvalue weighted by molar-refractivity contribution is -0.128. The number of aromatic nitrogens is 2. The molecule has 3 rings (SSSR count). The SMILES string of the molecule is CC[C@@H](Oc1cccc(C)c1)C(=O)NCc1nc(-c2cccc(C)c2)no1. The standard InChI is InChI=1S/C21H23N3O3/c1-4-18(26-17-10-6-8-15(3)12-17)21(25)22-13-19-23-20(24-27-19)16-9-5-7-14(2)11-16/h5-12,18H,4,13H2,1-3H3,(H,22,25)/t18-/m1/s1. The number of amides is 1. The van der Waals surface area contributed by atoms with Crippen LogP contribution in [0, 0.1) is 13.8 Å². The third kappa shape index (κ3) is 4.94. The number of carbonyl (C=O) groups excluding carboxylic acids is 1. The number of hydrogen-bond donors (Lipinski definition) is 1. The van der Waals surface area contributed by atoms with Crippen LogP contribution in [-0.4, -0.2) is 22.2 Å². The van der Waals surface area contributed by atoms with Crippen LogP contribution in [0.25, 0.3) is 11.4 Å². The average molecular weight is 365 g/mol. The van der Waals surface area contributed by atoms with Gasteiger partial charge in [-0.15, -0.1) is 0 Å². The van der Waals surface area contributed by atoms with E-state index in [2.05, 4.69) is 15.5 Å². The van der Waals surface area contributed by atoms with Crippen LogP contribution in [0.2, 0.25) is 0 Å². The van der Waals surface area contributed by atoms with Crippen LogP contribution in [0.1, 0.15) is 30.4 Å². The Bertz CT molecular complexity index is 920. The summed E-state index contributed by atoms with van der Waals surface area (Å²) in [6.45, 7) is 6.05. The summed E-state index contributed by atoms with van der Waals surface area (Å²) in [6.07, 6.45) is -0.0241. The minimum atomic E-state index is -0.578. The molecular formula is C21H23N3O3. The Kier molecular flexibility index (Phi) is 5.86. The zero-order valence-corrected chi connectivity index (χ0v) is 15.7. The van der Waals surface area contributed by atoms with Crippen molar-refractivity contribution >= 4 is 5.91 Å². The molecule has 140 valence electrons. The van der Waals surface area contributed by atoms with Crippen LogP contribution < -0.4 is 10.1 Å². The summed E-state index contributed by atoms with van der Waals surface area (Å²) in [5.74, 6) is 1.32. The second kappa shape index (κ2) is 8.49. The zero-order chi connectivity index (χ0) is 19.2. The molecule has 1 heterocycles. The van der Waals surface area contributed by atoms with Gasteiger partial charge in [-0.3, -0.25) is 4.79 Å². The molecule has 6 heteroatoms. The van der Waals surface area contributed by atoms with E-state index in [1.165, 1.54) is 0 Å². The average Bonchev–Trinajstić information content (AvgIpc) is 3.13. The molecule has 0 aliphatic carbocycles. The monoisotopic (exact) mass is 365 g/mol. The summed E-state index contributed by atoms with van der Waals surface area (Å²) in [4.78, 5) is 16.8. The molecule has 3 aromatic rings. The van der Waals surface area contributed by atoms with Gasteiger partial charge in [0.05, 0.1) is 6.54 Å². The highest BCUT2D eigenvalue weighted by Crippen LogP contribution is 2.17. The van der Waals surface area contributed by atoms with E-state index in [0.717, 1.165) is 16.7 Å². The first-order valence-electron chi connectivity index (χ1n) is 8.96. The predicted molar refractivity (Wildman–Crippen MR) is 102 cm³/mol. The van der Waals surface area contributed by atoms with Gasteiger partial charge in [0.2, 0.25) is 11.7 Å². The highest BCUT2D eigenvalue weighted by atomic mass is 16.5. The number of nitrogens with zero attached hydrogens (tertiary/aromatic N) is 2. The van der Waals surface area contributed by atoms with Gasteiger partial charge in [0.25, 0.3) is 5.91 Å². The fourth-order valence-corrected chi connectivity index (χ4v) is 2.68. The van der Waals surface area contributed by atoms with Gasteiger partial charge in [0, 0.05) is 5.56 Å². The van der Waals surface area contributed by atoms with Crippen molar-refractivity contribution in [2.45, 2.75) is 39.8 Å². The molecule has 0 saturated carbocycles. The number of rotatable bonds is 7. The lowest BCUT2D eigenvalue weighted by Gasteiger charge is -2.17. The van der Waals surface area contributed by atoms with Gasteiger partial charge in [-0.2, -0.15) is 4.98 Å². The van der Waals surface area contributed by atoms with Gasteiger partial charge >= 0.3 is 0 Å². The number of nitrogens with one attached hydrogen (secondary N) is 1. The van der Waals surface area contributed by atoms with Crippen LogP contribution in [0.5, 0.6) is 5.75 Å². The third-order valence-corrected chi connectivity index (χ3v) is 4.09. The lowest BCUT2D eigenvalue weighted by atomic mass is 10.1. The molecule has 0 saturated heterocycles. The van der Waals surface area contributed by atoms with Crippen LogP contribution >= 0.6 is 0 Å². The molecule has 0 unspecified atom stereocenters. The molecular weight excluding hydrogens is 342 g/mol. The molecule has 0 bridgehead atoms. The Balaban J connectivity index is 1.59. The van der Waals surface area contributed by atoms with Gasteiger partial charge in [-0.1, -0.05) is 48.0 Å². The second-order valence-corrected chi connectivity index (χ2v) is 6.43. The normalized spacial score (nSPS) is 11.8. The maximum Gasteiger partial charge on any atom is 0.261 e. The molecule has 0 aliphatic heterocycles. The molecule has 0 fully saturated rings. The Labute approximate surface area is 158 Å². The molecule has 6 nitrogen and oxygen atoms in total. The quantitative estimate of drug-likeness (QED) is 0.688. The van der Waals surface area contributed by atoms with E-state index in [9.17, 15) is 4.79 Å². The van der Waals surface area contributed by atoms with Crippen molar-refractivity contribution in [2.75, 3.05) is 0 Å². The summed E-state index contributed by atoms with van der Waals surface area (Å²) >= 11 is 0. The first kappa shape index (κ1) is 18.6. The fraction of sp³-hybridized carbons (Fsp3) is 0.286. The number of carbonyl (C=O) groups is 1. The van der Waals surface area contributed by atoms with E-state index in [0.29, 0.717) is 23.9 Å². The Morgan fingerprint density at radius 1 is 1.15 bits per heavy atom. The maximum atomic E-state index is 12.4. The van der Waals surface area contributed by atoms with Crippen LogP contribution in [0.15, 0.2) is 53.1 Å². The number of benzene rings is 2. The van der Waals surface area contributed by atoms with E-state index < -0.39 is 6.10 Å². The van der Waals surface area contributed by atoms with Gasteiger partial charge in [-0.25, -0.2) is 0 Å². The van der Waals surface area contributed by atoms with Crippen molar-refractivity contribution in [3.63, 3.8) is 0 Å². The van der Waals surface area contributed by atoms with Gasteiger partial charge in [0.15, 0.2) is 6.10 Å². The van der Waals surface area contributed by atoms with Gasteiger partial charge in [0.1, 0.15) is 5.75 Å². The summed E-state index contributed by atoms with van der Waals surface area (Å²) in [6, 6.07) is 15.5. The van der Waals surface area contributed by atoms with Crippen LogP contribution in [0.4, 0.5) is 0 Å². The van der Waals surface area contributed by atoms with E-state index >= 15 is 0 Å². The van der Waals surface area contributed by atoms with Crippen LogP contribution in [0.3, 0.4) is 0 Å². The Morgan fingerprint density at radius 2 is 1.89 bits per heavy atom. The lowest BCUT2D eigenvalue weighted by Crippen LogP contribution is -2.37. The van der Waals surface area contributed by atoms with Crippen molar-refractivity contribution in [2.24, 2.45) is 0 Å². The minimum Gasteiger partial charge on any atom is -0.481 e. The van der Waals surface area contributed by atoms with E-state index in [1.54, 1.807) is 0 Å². The number of hydrogen-bond acceptors (Lipinski definition) is 5. The van der Waals surface area contributed by atoms with E-state index in [4.69, 9.17) is 9.26 Å². The number of ether oxygens (including phenoxy) is 1. The molecule has 0 spiro atoms. The second-order valence-electron chi connectivity index (χ2n) is 6.43. The molecule has 1 N–H and O–H groups in total. The minimum absolute atomic E-state index is 0.158. The molecule has 1 atom stereocenters. The fourth-order valence-electron chi connectivity index (χ4n) is 2.68. The Hall–Kier alpha value is -3.15. The molecule has 0 aliphatic rings. The van der Waals surface area contributed by atoms with Crippen molar-refractivity contribution in [3.05, 3.63) is 65.5 Å². The summed E-state index contributed by atoms with van der Waals surface area (Å²) in [7, 11) is 0.